The van der Waals surface area contributed by atoms with Crippen LogP contribution in [0.3, 0.4) is 0 Å². The van der Waals surface area contributed by atoms with Gasteiger partial charge in [-0.25, -0.2) is 8.78 Å². The van der Waals surface area contributed by atoms with Crippen molar-refractivity contribution in [2.75, 3.05) is 0 Å². The first-order valence-electron chi connectivity index (χ1n) is 4.42. The molecule has 2 rings (SSSR count). The van der Waals surface area contributed by atoms with E-state index in [0.29, 0.717) is 0 Å². The molecule has 0 radical (unpaired) electrons. The molecule has 0 N–H and O–H groups in total. The summed E-state index contributed by atoms with van der Waals surface area (Å²) in [6.07, 6.45) is 0. The van der Waals surface area contributed by atoms with E-state index in [1.54, 1.807) is 0 Å². The summed E-state index contributed by atoms with van der Waals surface area (Å²) in [6, 6.07) is 2.13. The van der Waals surface area contributed by atoms with E-state index in [0.717, 1.165) is 16.8 Å². The van der Waals surface area contributed by atoms with Crippen molar-refractivity contribution >= 4 is 11.6 Å². The number of hydrogen-bond donors (Lipinski definition) is 0. The Kier molecular flexibility index (Phi) is 2.82. The molecule has 0 unspecified atom stereocenters. The summed E-state index contributed by atoms with van der Waals surface area (Å²) in [7, 11) is 0. The minimum absolute atomic E-state index is 0.0158. The summed E-state index contributed by atoms with van der Waals surface area (Å²) in [4.78, 5) is 0. The van der Waals surface area contributed by atoms with Crippen LogP contribution in [0.5, 0.6) is 0 Å². The Morgan fingerprint density at radius 1 is 1.31 bits per heavy atom. The molecule has 0 amide bonds. The average molecular weight is 245 g/mol. The first-order valence-corrected chi connectivity index (χ1v) is 4.96. The van der Waals surface area contributed by atoms with Crippen LogP contribution in [0.25, 0.3) is 5.69 Å². The van der Waals surface area contributed by atoms with Crippen molar-refractivity contribution in [3.63, 3.8) is 0 Å². The van der Waals surface area contributed by atoms with E-state index in [4.69, 9.17) is 11.6 Å². The number of aryl methyl sites for hydroxylation is 1. The third-order valence-electron chi connectivity index (χ3n) is 2.11. The fraction of sp³-hybridized carbons (Fsp3) is 0.222. The maximum absolute atomic E-state index is 13.6. The fourth-order valence-corrected chi connectivity index (χ4v) is 1.44. The zero-order valence-electron chi connectivity index (χ0n) is 8.28. The lowest BCUT2D eigenvalue weighted by molar-refractivity contribution is 0.576. The molecule has 0 aliphatic carbocycles. The van der Waals surface area contributed by atoms with Crippen LogP contribution in [0.1, 0.15) is 11.4 Å². The number of nitrogens with zero attached hydrogens (tertiary/aromatic N) is 4. The van der Waals surface area contributed by atoms with Gasteiger partial charge in [0.1, 0.15) is 17.3 Å². The standard InChI is InChI=1S/C9H7ClF2N4/c1-5-2-7(12)8(3-6(5)11)16-9(4-10)13-14-15-16/h2-3H,4H2,1H3. The SMILES string of the molecule is Cc1cc(F)c(-n2nnnc2CCl)cc1F. The van der Waals surface area contributed by atoms with Crippen LogP contribution in [-0.4, -0.2) is 20.2 Å². The molecule has 0 bridgehead atoms. The van der Waals surface area contributed by atoms with Crippen LogP contribution in [0.15, 0.2) is 12.1 Å². The van der Waals surface area contributed by atoms with Crippen molar-refractivity contribution in [3.8, 4) is 5.69 Å². The van der Waals surface area contributed by atoms with Crippen LogP contribution in [0.4, 0.5) is 8.78 Å². The summed E-state index contributed by atoms with van der Waals surface area (Å²) >= 11 is 5.57. The van der Waals surface area contributed by atoms with Crippen molar-refractivity contribution in [2.45, 2.75) is 12.8 Å². The Morgan fingerprint density at radius 2 is 2.06 bits per heavy atom. The molecule has 0 fully saturated rings. The molecule has 2 aromatic rings. The molecule has 0 atom stereocenters. The smallest absolute Gasteiger partial charge is 0.171 e. The van der Waals surface area contributed by atoms with Gasteiger partial charge in [0.25, 0.3) is 0 Å². The van der Waals surface area contributed by atoms with Crippen LogP contribution in [-0.2, 0) is 5.88 Å². The van der Waals surface area contributed by atoms with E-state index in [9.17, 15) is 8.78 Å². The highest BCUT2D eigenvalue weighted by Gasteiger charge is 2.14. The lowest BCUT2D eigenvalue weighted by Gasteiger charge is -2.05. The number of halogens is 3. The van der Waals surface area contributed by atoms with Crippen molar-refractivity contribution < 1.29 is 8.78 Å². The van der Waals surface area contributed by atoms with Gasteiger partial charge in [-0.2, -0.15) is 4.68 Å². The highest BCUT2D eigenvalue weighted by atomic mass is 35.5. The molecule has 4 nitrogen and oxygen atoms in total. The Bertz CT molecular complexity index is 526. The second-order valence-corrected chi connectivity index (χ2v) is 3.46. The highest BCUT2D eigenvalue weighted by Crippen LogP contribution is 2.18. The number of rotatable bonds is 2. The van der Waals surface area contributed by atoms with Crippen molar-refractivity contribution in [1.29, 1.82) is 0 Å². The summed E-state index contributed by atoms with van der Waals surface area (Å²) in [5.41, 5.74) is 0.172. The van der Waals surface area contributed by atoms with Gasteiger partial charge in [-0.3, -0.25) is 0 Å². The number of aromatic nitrogens is 4. The van der Waals surface area contributed by atoms with Gasteiger partial charge in [-0.05, 0) is 29.0 Å². The molecule has 0 aliphatic rings. The predicted octanol–water partition coefficient (Wildman–Crippen LogP) is 1.99. The molecule has 16 heavy (non-hydrogen) atoms. The van der Waals surface area contributed by atoms with Gasteiger partial charge in [0, 0.05) is 6.07 Å². The van der Waals surface area contributed by atoms with Gasteiger partial charge >= 0.3 is 0 Å². The molecule has 84 valence electrons. The largest absolute Gasteiger partial charge is 0.207 e. The monoisotopic (exact) mass is 244 g/mol. The van der Waals surface area contributed by atoms with Crippen LogP contribution in [0.2, 0.25) is 0 Å². The topological polar surface area (TPSA) is 43.6 Å². The molecule has 1 heterocycles. The van der Waals surface area contributed by atoms with E-state index < -0.39 is 11.6 Å². The lowest BCUT2D eigenvalue weighted by Crippen LogP contribution is -2.05. The zero-order chi connectivity index (χ0) is 11.7. The zero-order valence-corrected chi connectivity index (χ0v) is 9.04. The van der Waals surface area contributed by atoms with Crippen molar-refractivity contribution in [2.24, 2.45) is 0 Å². The molecular formula is C9H7ClF2N4. The lowest BCUT2D eigenvalue weighted by atomic mass is 10.2. The quantitative estimate of drug-likeness (QED) is 0.759. The first-order chi connectivity index (χ1) is 7.63. The van der Waals surface area contributed by atoms with Crippen LogP contribution in [0, 0.1) is 18.6 Å². The normalized spacial score (nSPS) is 10.8. The third-order valence-corrected chi connectivity index (χ3v) is 2.35. The minimum Gasteiger partial charge on any atom is -0.207 e. The Labute approximate surface area is 94.8 Å². The number of hydrogen-bond acceptors (Lipinski definition) is 3. The average Bonchev–Trinajstić information content (AvgIpc) is 2.71. The maximum Gasteiger partial charge on any atom is 0.171 e. The van der Waals surface area contributed by atoms with Gasteiger partial charge in [-0.15, -0.1) is 16.7 Å². The number of tetrazole rings is 1. The summed E-state index contributed by atoms with van der Waals surface area (Å²) < 4.78 is 28.0. The van der Waals surface area contributed by atoms with E-state index in [1.165, 1.54) is 6.92 Å². The molecule has 0 saturated heterocycles. The minimum atomic E-state index is -0.599. The van der Waals surface area contributed by atoms with Crippen LogP contribution >= 0.6 is 11.6 Å². The van der Waals surface area contributed by atoms with Crippen molar-refractivity contribution in [3.05, 3.63) is 35.2 Å². The molecule has 0 aliphatic heterocycles. The summed E-state index contributed by atoms with van der Waals surface area (Å²) in [5, 5.41) is 10.5. The molecule has 7 heteroatoms. The first kappa shape index (κ1) is 10.9. The number of benzene rings is 1. The third kappa shape index (κ3) is 1.76. The molecule has 0 saturated carbocycles. The van der Waals surface area contributed by atoms with Gasteiger partial charge in [-0.1, -0.05) is 0 Å². The predicted molar refractivity (Wildman–Crippen MR) is 53.4 cm³/mol. The van der Waals surface area contributed by atoms with Gasteiger partial charge in [0.2, 0.25) is 0 Å². The second-order valence-electron chi connectivity index (χ2n) is 3.19. The molecule has 0 spiro atoms. The maximum atomic E-state index is 13.6. The second kappa shape index (κ2) is 4.13. The Hall–Kier alpha value is -1.56. The summed E-state index contributed by atoms with van der Waals surface area (Å²) in [5.74, 6) is -0.851. The summed E-state index contributed by atoms with van der Waals surface area (Å²) in [6.45, 7) is 1.48. The molecule has 1 aromatic heterocycles. The van der Waals surface area contributed by atoms with E-state index >= 15 is 0 Å². The van der Waals surface area contributed by atoms with Gasteiger partial charge in [0.05, 0.1) is 5.88 Å². The Balaban J connectivity index is 2.60. The van der Waals surface area contributed by atoms with E-state index in [-0.39, 0.29) is 23.0 Å². The highest BCUT2D eigenvalue weighted by molar-refractivity contribution is 6.16. The molecule has 1 aromatic carbocycles. The Morgan fingerprint density at radius 3 is 2.75 bits per heavy atom. The molecular weight excluding hydrogens is 238 g/mol. The van der Waals surface area contributed by atoms with E-state index in [1.807, 2.05) is 0 Å². The van der Waals surface area contributed by atoms with Crippen molar-refractivity contribution in [1.82, 2.24) is 20.2 Å². The van der Waals surface area contributed by atoms with Gasteiger partial charge in [0.15, 0.2) is 5.82 Å². The number of alkyl halides is 1. The fourth-order valence-electron chi connectivity index (χ4n) is 1.27. The van der Waals surface area contributed by atoms with Gasteiger partial charge < -0.3 is 0 Å². The van der Waals surface area contributed by atoms with E-state index in [2.05, 4.69) is 15.5 Å². The van der Waals surface area contributed by atoms with Crippen LogP contribution < -0.4 is 0 Å².